The number of carbonyl (C=O) groups is 1. The Morgan fingerprint density at radius 1 is 1.03 bits per heavy atom. The Labute approximate surface area is 172 Å². The van der Waals surface area contributed by atoms with Crippen molar-refractivity contribution in [1.82, 2.24) is 5.32 Å². The highest BCUT2D eigenvalue weighted by atomic mass is 32.2. The van der Waals surface area contributed by atoms with E-state index in [9.17, 15) is 13.2 Å². The Kier molecular flexibility index (Phi) is 8.95. The molecule has 0 aromatic heterocycles. The van der Waals surface area contributed by atoms with Crippen molar-refractivity contribution in [1.29, 1.82) is 0 Å². The third kappa shape index (κ3) is 6.76. The molecule has 0 spiro atoms. The van der Waals surface area contributed by atoms with Crippen LogP contribution in [0.25, 0.3) is 0 Å². The third-order valence-corrected chi connectivity index (χ3v) is 6.02. The average Bonchev–Trinajstić information content (AvgIpc) is 2.74. The van der Waals surface area contributed by atoms with Gasteiger partial charge in [-0.05, 0) is 56.7 Å². The van der Waals surface area contributed by atoms with Crippen LogP contribution in [0.3, 0.4) is 0 Å². The number of ether oxygens (including phenoxy) is 2. The van der Waals surface area contributed by atoms with E-state index in [0.717, 1.165) is 6.42 Å². The molecule has 0 heterocycles. The van der Waals surface area contributed by atoms with Crippen LogP contribution in [0.2, 0.25) is 0 Å². The van der Waals surface area contributed by atoms with Crippen LogP contribution in [0.5, 0.6) is 5.75 Å². The molecule has 0 unspecified atom stereocenters. The fourth-order valence-corrected chi connectivity index (χ4v) is 4.16. The number of anilines is 1. The van der Waals surface area contributed by atoms with Gasteiger partial charge in [0.2, 0.25) is 0 Å². The maximum Gasteiger partial charge on any atom is 0.264 e. The van der Waals surface area contributed by atoms with Crippen LogP contribution in [-0.2, 0) is 19.6 Å². The number of benzene rings is 2. The van der Waals surface area contributed by atoms with E-state index in [1.165, 1.54) is 4.31 Å². The molecule has 0 aliphatic carbocycles. The molecule has 0 saturated carbocycles. The molecule has 0 aliphatic heterocycles. The summed E-state index contributed by atoms with van der Waals surface area (Å²) in [5, 5.41) is 2.76. The lowest BCUT2D eigenvalue weighted by Gasteiger charge is -2.23. The van der Waals surface area contributed by atoms with E-state index in [0.29, 0.717) is 37.7 Å². The molecule has 1 N–H and O–H groups in total. The lowest BCUT2D eigenvalue weighted by Crippen LogP contribution is -2.31. The summed E-state index contributed by atoms with van der Waals surface area (Å²) in [6, 6.07) is 14.9. The van der Waals surface area contributed by atoms with Crippen molar-refractivity contribution in [3.05, 3.63) is 54.6 Å². The fraction of sp³-hybridized carbons (Fsp3) is 0.381. The molecule has 0 aliphatic rings. The number of carbonyl (C=O) groups excluding carboxylic acids is 1. The van der Waals surface area contributed by atoms with Crippen molar-refractivity contribution in [3.63, 3.8) is 0 Å². The summed E-state index contributed by atoms with van der Waals surface area (Å²) in [7, 11) is -3.64. The predicted molar refractivity (Wildman–Crippen MR) is 113 cm³/mol. The zero-order valence-electron chi connectivity index (χ0n) is 16.8. The first-order chi connectivity index (χ1) is 14.0. The van der Waals surface area contributed by atoms with Crippen LogP contribution >= 0.6 is 0 Å². The van der Waals surface area contributed by atoms with E-state index in [2.05, 4.69) is 5.32 Å². The Hall–Kier alpha value is -2.58. The molecule has 2 rings (SSSR count). The van der Waals surface area contributed by atoms with Crippen LogP contribution in [0.4, 0.5) is 5.69 Å². The van der Waals surface area contributed by atoms with Gasteiger partial charge in [-0.2, -0.15) is 0 Å². The molecular formula is C21H28N2O5S. The minimum absolute atomic E-state index is 0.103. The van der Waals surface area contributed by atoms with E-state index in [-0.39, 0.29) is 17.4 Å². The molecule has 0 saturated heterocycles. The second-order valence-electron chi connectivity index (χ2n) is 6.17. The average molecular weight is 421 g/mol. The van der Waals surface area contributed by atoms with Crippen LogP contribution in [0.1, 0.15) is 20.3 Å². The Balaban J connectivity index is 1.92. The molecule has 1 amide bonds. The van der Waals surface area contributed by atoms with Gasteiger partial charge in [-0.25, -0.2) is 8.42 Å². The summed E-state index contributed by atoms with van der Waals surface area (Å²) < 4.78 is 37.7. The zero-order valence-corrected chi connectivity index (χ0v) is 17.7. The van der Waals surface area contributed by atoms with Crippen molar-refractivity contribution in [2.45, 2.75) is 25.2 Å². The van der Waals surface area contributed by atoms with Gasteiger partial charge in [0.25, 0.3) is 15.9 Å². The van der Waals surface area contributed by atoms with Crippen LogP contribution in [-0.4, -0.2) is 47.2 Å². The molecule has 2 aromatic rings. The molecule has 0 bridgehead atoms. The first-order valence-corrected chi connectivity index (χ1v) is 11.1. The van der Waals surface area contributed by atoms with Gasteiger partial charge in [0.05, 0.1) is 10.6 Å². The highest BCUT2D eigenvalue weighted by Gasteiger charge is 2.23. The van der Waals surface area contributed by atoms with Crippen molar-refractivity contribution in [2.24, 2.45) is 0 Å². The number of hydrogen-bond acceptors (Lipinski definition) is 5. The van der Waals surface area contributed by atoms with E-state index < -0.39 is 10.0 Å². The van der Waals surface area contributed by atoms with E-state index >= 15 is 0 Å². The predicted octanol–water partition coefficient (Wildman–Crippen LogP) is 2.82. The third-order valence-electron chi connectivity index (χ3n) is 4.10. The van der Waals surface area contributed by atoms with Gasteiger partial charge >= 0.3 is 0 Å². The molecule has 29 heavy (non-hydrogen) atoms. The maximum atomic E-state index is 12.9. The van der Waals surface area contributed by atoms with E-state index in [1.807, 2.05) is 6.92 Å². The molecule has 2 aromatic carbocycles. The minimum Gasteiger partial charge on any atom is -0.484 e. The van der Waals surface area contributed by atoms with Crippen molar-refractivity contribution in [3.8, 4) is 5.75 Å². The second kappa shape index (κ2) is 11.4. The molecule has 7 nitrogen and oxygen atoms in total. The summed E-state index contributed by atoms with van der Waals surface area (Å²) >= 11 is 0. The highest BCUT2D eigenvalue weighted by molar-refractivity contribution is 7.92. The smallest absolute Gasteiger partial charge is 0.264 e. The Bertz CT molecular complexity index is 854. The first kappa shape index (κ1) is 22.7. The number of nitrogens with one attached hydrogen (secondary N) is 1. The monoisotopic (exact) mass is 420 g/mol. The first-order valence-electron chi connectivity index (χ1n) is 9.64. The number of amides is 1. The summed E-state index contributed by atoms with van der Waals surface area (Å²) in [6.07, 6.45) is 0.747. The molecule has 0 fully saturated rings. The normalized spacial score (nSPS) is 11.1. The quantitative estimate of drug-likeness (QED) is 0.534. The second-order valence-corrected chi connectivity index (χ2v) is 8.03. The SMILES string of the molecule is CCOCCCNC(=O)COc1ccc(N(CC)S(=O)(=O)c2ccccc2)cc1. The molecular weight excluding hydrogens is 392 g/mol. The standard InChI is InChI=1S/C21H28N2O5S/c1-3-23(29(25,26)20-9-6-5-7-10-20)18-11-13-19(14-12-18)28-17-21(24)22-15-8-16-27-4-2/h5-7,9-14H,3-4,8,15-17H2,1-2H3,(H,22,24). The number of sulfonamides is 1. The zero-order chi connectivity index (χ0) is 21.1. The molecule has 8 heteroatoms. The van der Waals surface area contributed by atoms with Gasteiger partial charge < -0.3 is 14.8 Å². The number of rotatable bonds is 12. The number of nitrogens with zero attached hydrogens (tertiary/aromatic N) is 1. The maximum absolute atomic E-state index is 12.9. The summed E-state index contributed by atoms with van der Waals surface area (Å²) in [4.78, 5) is 12.0. The van der Waals surface area contributed by atoms with E-state index in [4.69, 9.17) is 9.47 Å². The lowest BCUT2D eigenvalue weighted by atomic mass is 10.3. The van der Waals surface area contributed by atoms with Crippen LogP contribution in [0.15, 0.2) is 59.5 Å². The number of hydrogen-bond donors (Lipinski definition) is 1. The van der Waals surface area contributed by atoms with Crippen LogP contribution < -0.4 is 14.4 Å². The Morgan fingerprint density at radius 2 is 1.72 bits per heavy atom. The van der Waals surface area contributed by atoms with Crippen molar-refractivity contribution >= 4 is 21.6 Å². The molecule has 158 valence electrons. The molecule has 0 atom stereocenters. The topological polar surface area (TPSA) is 84.9 Å². The lowest BCUT2D eigenvalue weighted by molar-refractivity contribution is -0.123. The summed E-state index contributed by atoms with van der Waals surface area (Å²) in [5.74, 6) is 0.277. The minimum atomic E-state index is -3.64. The summed E-state index contributed by atoms with van der Waals surface area (Å²) in [6.45, 7) is 5.70. The van der Waals surface area contributed by atoms with Gasteiger partial charge in [-0.1, -0.05) is 18.2 Å². The van der Waals surface area contributed by atoms with Gasteiger partial charge in [0.1, 0.15) is 5.75 Å². The van der Waals surface area contributed by atoms with Gasteiger partial charge in [0, 0.05) is 26.3 Å². The Morgan fingerprint density at radius 3 is 2.34 bits per heavy atom. The summed E-state index contributed by atoms with van der Waals surface area (Å²) in [5.41, 5.74) is 0.532. The van der Waals surface area contributed by atoms with E-state index in [1.54, 1.807) is 61.5 Å². The fourth-order valence-electron chi connectivity index (χ4n) is 2.67. The van der Waals surface area contributed by atoms with Gasteiger partial charge in [-0.15, -0.1) is 0 Å². The van der Waals surface area contributed by atoms with Gasteiger partial charge in [-0.3, -0.25) is 9.10 Å². The molecule has 0 radical (unpaired) electrons. The highest BCUT2D eigenvalue weighted by Crippen LogP contribution is 2.25. The van der Waals surface area contributed by atoms with Crippen molar-refractivity contribution in [2.75, 3.05) is 37.2 Å². The van der Waals surface area contributed by atoms with Gasteiger partial charge in [0.15, 0.2) is 6.61 Å². The van der Waals surface area contributed by atoms with Crippen LogP contribution in [0, 0.1) is 0 Å². The van der Waals surface area contributed by atoms with Crippen molar-refractivity contribution < 1.29 is 22.7 Å². The largest absolute Gasteiger partial charge is 0.484 e.